The molecule has 1 fully saturated rings. The van der Waals surface area contributed by atoms with Crippen LogP contribution in [-0.2, 0) is 4.74 Å². The average molecular weight is 308 g/mol. The molecular formula is C15H24N4O3. The van der Waals surface area contributed by atoms with Crippen molar-refractivity contribution in [3.8, 4) is 0 Å². The van der Waals surface area contributed by atoms with E-state index in [9.17, 15) is 9.59 Å². The lowest BCUT2D eigenvalue weighted by Crippen LogP contribution is -2.53. The SMILES string of the molecule is CCOC(C)CNC(=O)N1CCN(C(=O)c2ccc[nH]2)CC1. The summed E-state index contributed by atoms with van der Waals surface area (Å²) in [6, 6.07) is 3.46. The summed E-state index contributed by atoms with van der Waals surface area (Å²) in [6.45, 7) is 7.17. The molecule has 3 amide bonds. The zero-order chi connectivity index (χ0) is 15.9. The molecule has 7 nitrogen and oxygen atoms in total. The van der Waals surface area contributed by atoms with Gasteiger partial charge in [0, 0.05) is 45.5 Å². The number of nitrogens with one attached hydrogen (secondary N) is 2. The fourth-order valence-corrected chi connectivity index (χ4v) is 2.43. The lowest BCUT2D eigenvalue weighted by atomic mass is 10.3. The van der Waals surface area contributed by atoms with E-state index in [4.69, 9.17) is 4.74 Å². The van der Waals surface area contributed by atoms with E-state index in [0.29, 0.717) is 45.0 Å². The van der Waals surface area contributed by atoms with Gasteiger partial charge in [0.25, 0.3) is 5.91 Å². The number of rotatable bonds is 5. The number of aromatic amines is 1. The second-order valence-electron chi connectivity index (χ2n) is 5.32. The highest BCUT2D eigenvalue weighted by molar-refractivity contribution is 5.92. The van der Waals surface area contributed by atoms with Crippen molar-refractivity contribution >= 4 is 11.9 Å². The zero-order valence-corrected chi connectivity index (χ0v) is 13.2. The van der Waals surface area contributed by atoms with Crippen LogP contribution in [0.5, 0.6) is 0 Å². The summed E-state index contributed by atoms with van der Waals surface area (Å²) in [7, 11) is 0. The molecule has 0 radical (unpaired) electrons. The number of nitrogens with zero attached hydrogens (tertiary/aromatic N) is 2. The van der Waals surface area contributed by atoms with Crippen LogP contribution in [0.4, 0.5) is 4.79 Å². The van der Waals surface area contributed by atoms with Gasteiger partial charge in [-0.05, 0) is 26.0 Å². The van der Waals surface area contributed by atoms with Crippen molar-refractivity contribution in [2.45, 2.75) is 20.0 Å². The molecule has 0 aromatic carbocycles. The maximum Gasteiger partial charge on any atom is 0.317 e. The third-order valence-corrected chi connectivity index (χ3v) is 3.67. The molecule has 0 saturated carbocycles. The third-order valence-electron chi connectivity index (χ3n) is 3.67. The Morgan fingerprint density at radius 1 is 1.32 bits per heavy atom. The number of urea groups is 1. The first-order valence-electron chi connectivity index (χ1n) is 7.69. The summed E-state index contributed by atoms with van der Waals surface area (Å²) < 4.78 is 5.38. The molecule has 7 heteroatoms. The minimum Gasteiger partial charge on any atom is -0.377 e. The van der Waals surface area contributed by atoms with Crippen LogP contribution in [0.2, 0.25) is 0 Å². The predicted molar refractivity (Wildman–Crippen MR) is 82.8 cm³/mol. The van der Waals surface area contributed by atoms with Crippen molar-refractivity contribution in [2.75, 3.05) is 39.3 Å². The summed E-state index contributed by atoms with van der Waals surface area (Å²) in [5.41, 5.74) is 0.587. The van der Waals surface area contributed by atoms with Crippen molar-refractivity contribution in [3.05, 3.63) is 24.0 Å². The monoisotopic (exact) mass is 308 g/mol. The van der Waals surface area contributed by atoms with E-state index >= 15 is 0 Å². The van der Waals surface area contributed by atoms with Gasteiger partial charge < -0.3 is 24.8 Å². The van der Waals surface area contributed by atoms with Crippen LogP contribution in [0.15, 0.2) is 18.3 Å². The number of aromatic nitrogens is 1. The van der Waals surface area contributed by atoms with E-state index < -0.39 is 0 Å². The lowest BCUT2D eigenvalue weighted by Gasteiger charge is -2.34. The topological polar surface area (TPSA) is 77.7 Å². The van der Waals surface area contributed by atoms with Gasteiger partial charge in [-0.2, -0.15) is 0 Å². The second-order valence-corrected chi connectivity index (χ2v) is 5.32. The Morgan fingerprint density at radius 2 is 2.00 bits per heavy atom. The Hall–Kier alpha value is -2.02. The number of ether oxygens (including phenoxy) is 1. The van der Waals surface area contributed by atoms with Crippen LogP contribution >= 0.6 is 0 Å². The fourth-order valence-electron chi connectivity index (χ4n) is 2.43. The molecule has 1 aromatic heterocycles. The number of hydrogen-bond acceptors (Lipinski definition) is 3. The van der Waals surface area contributed by atoms with Gasteiger partial charge in [-0.15, -0.1) is 0 Å². The largest absolute Gasteiger partial charge is 0.377 e. The number of hydrogen-bond donors (Lipinski definition) is 2. The molecule has 1 unspecified atom stereocenters. The van der Waals surface area contributed by atoms with Crippen molar-refractivity contribution in [1.82, 2.24) is 20.1 Å². The quantitative estimate of drug-likeness (QED) is 0.848. The van der Waals surface area contributed by atoms with E-state index in [2.05, 4.69) is 10.3 Å². The number of piperazine rings is 1. The molecule has 0 aliphatic carbocycles. The second kappa shape index (κ2) is 7.84. The minimum atomic E-state index is -0.0986. The summed E-state index contributed by atoms with van der Waals surface area (Å²) in [4.78, 5) is 30.7. The minimum absolute atomic E-state index is 0.00435. The molecular weight excluding hydrogens is 284 g/mol. The van der Waals surface area contributed by atoms with Gasteiger partial charge >= 0.3 is 6.03 Å². The molecule has 122 valence electrons. The number of carbonyl (C=O) groups excluding carboxylic acids is 2. The van der Waals surface area contributed by atoms with Crippen LogP contribution in [-0.4, -0.2) is 72.2 Å². The van der Waals surface area contributed by atoms with Crippen LogP contribution < -0.4 is 5.32 Å². The first-order chi connectivity index (χ1) is 10.6. The Bertz CT molecular complexity index is 481. The molecule has 22 heavy (non-hydrogen) atoms. The van der Waals surface area contributed by atoms with Crippen molar-refractivity contribution in [3.63, 3.8) is 0 Å². The highest BCUT2D eigenvalue weighted by Crippen LogP contribution is 2.07. The van der Waals surface area contributed by atoms with E-state index in [0.717, 1.165) is 0 Å². The Kier molecular flexibility index (Phi) is 5.83. The van der Waals surface area contributed by atoms with Gasteiger partial charge in [0.1, 0.15) is 5.69 Å². The molecule has 1 aromatic rings. The number of H-pyrrole nitrogens is 1. The van der Waals surface area contributed by atoms with Gasteiger partial charge in [0.2, 0.25) is 0 Å². The predicted octanol–water partition coefficient (Wildman–Crippen LogP) is 0.907. The first kappa shape index (κ1) is 16.4. The van der Waals surface area contributed by atoms with Crippen LogP contribution in [0.3, 0.4) is 0 Å². The van der Waals surface area contributed by atoms with Gasteiger partial charge in [-0.1, -0.05) is 0 Å². The van der Waals surface area contributed by atoms with E-state index in [1.807, 2.05) is 13.8 Å². The highest BCUT2D eigenvalue weighted by Gasteiger charge is 2.25. The van der Waals surface area contributed by atoms with Crippen molar-refractivity contribution in [1.29, 1.82) is 0 Å². The van der Waals surface area contributed by atoms with Crippen LogP contribution in [0, 0.1) is 0 Å². The van der Waals surface area contributed by atoms with E-state index in [1.165, 1.54) is 0 Å². The molecule has 1 aliphatic heterocycles. The Balaban J connectivity index is 1.74. The molecule has 0 spiro atoms. The maximum atomic E-state index is 12.2. The van der Waals surface area contributed by atoms with Crippen molar-refractivity contribution in [2.24, 2.45) is 0 Å². The van der Waals surface area contributed by atoms with E-state index in [-0.39, 0.29) is 18.0 Å². The molecule has 2 heterocycles. The highest BCUT2D eigenvalue weighted by atomic mass is 16.5. The zero-order valence-electron chi connectivity index (χ0n) is 13.2. The van der Waals surface area contributed by atoms with Gasteiger partial charge in [0.15, 0.2) is 0 Å². The first-order valence-corrected chi connectivity index (χ1v) is 7.69. The lowest BCUT2D eigenvalue weighted by molar-refractivity contribution is 0.0641. The maximum absolute atomic E-state index is 12.2. The van der Waals surface area contributed by atoms with E-state index in [1.54, 1.807) is 28.1 Å². The normalized spacial score (nSPS) is 16.5. The Labute approximate surface area is 130 Å². The van der Waals surface area contributed by atoms with Gasteiger partial charge in [-0.3, -0.25) is 4.79 Å². The van der Waals surface area contributed by atoms with Crippen LogP contribution in [0.25, 0.3) is 0 Å². The smallest absolute Gasteiger partial charge is 0.317 e. The van der Waals surface area contributed by atoms with Crippen molar-refractivity contribution < 1.29 is 14.3 Å². The number of carbonyl (C=O) groups is 2. The number of amides is 3. The summed E-state index contributed by atoms with van der Waals surface area (Å²) in [5.74, 6) is -0.0185. The van der Waals surface area contributed by atoms with Crippen LogP contribution in [0.1, 0.15) is 24.3 Å². The standard InChI is InChI=1S/C15H24N4O3/c1-3-22-12(2)11-17-15(21)19-9-7-18(8-10-19)14(20)13-5-4-6-16-13/h4-6,12,16H,3,7-11H2,1-2H3,(H,17,21). The molecule has 2 N–H and O–H groups in total. The summed E-state index contributed by atoms with van der Waals surface area (Å²) in [5, 5.41) is 2.86. The molecule has 1 saturated heterocycles. The molecule has 2 rings (SSSR count). The summed E-state index contributed by atoms with van der Waals surface area (Å²) in [6.07, 6.45) is 1.74. The fraction of sp³-hybridized carbons (Fsp3) is 0.600. The summed E-state index contributed by atoms with van der Waals surface area (Å²) >= 11 is 0. The molecule has 0 bridgehead atoms. The Morgan fingerprint density at radius 3 is 2.59 bits per heavy atom. The molecule has 1 aliphatic rings. The average Bonchev–Trinajstić information content (AvgIpc) is 3.07. The third kappa shape index (κ3) is 4.24. The van der Waals surface area contributed by atoms with Gasteiger partial charge in [0.05, 0.1) is 6.10 Å². The molecule has 1 atom stereocenters. The van der Waals surface area contributed by atoms with Gasteiger partial charge in [-0.25, -0.2) is 4.79 Å².